The van der Waals surface area contributed by atoms with Crippen LogP contribution in [0.1, 0.15) is 53.9 Å². The van der Waals surface area contributed by atoms with Gasteiger partial charge in [-0.2, -0.15) is 0 Å². The van der Waals surface area contributed by atoms with E-state index in [2.05, 4.69) is 241 Å². The topological polar surface area (TPSA) is 21.3 Å². The number of benzene rings is 14. The number of aryl methyl sites for hydroxylation is 2. The van der Waals surface area contributed by atoms with Crippen LogP contribution in [0.4, 0.5) is 28.4 Å². The molecule has 6 heteroatoms. The van der Waals surface area contributed by atoms with Crippen molar-refractivity contribution in [3.05, 3.63) is 338 Å². The van der Waals surface area contributed by atoms with Crippen molar-refractivity contribution in [1.29, 1.82) is 0 Å². The van der Waals surface area contributed by atoms with Crippen molar-refractivity contribution >= 4 is 117 Å². The van der Waals surface area contributed by atoms with Gasteiger partial charge in [0.15, 0.2) is 0 Å². The van der Waals surface area contributed by atoms with Crippen molar-refractivity contribution in [2.75, 3.05) is 16.3 Å². The third kappa shape index (κ3) is 9.30. The Bertz CT molecular complexity index is 6580. The van der Waals surface area contributed by atoms with Crippen LogP contribution >= 0.6 is 0 Å². The Balaban J connectivity index is 0.860. The molecule has 98 heavy (non-hydrogen) atoms. The number of nitrogens with zero attached hydrogens (tertiary/aromatic N) is 5. The zero-order valence-electron chi connectivity index (χ0n) is 66.3. The fourth-order valence-electron chi connectivity index (χ4n) is 15.9. The molecule has 0 amide bonds. The van der Waals surface area contributed by atoms with Gasteiger partial charge in [-0.15, -0.1) is 0 Å². The molecule has 0 N–H and O–H groups in total. The van der Waals surface area contributed by atoms with Crippen LogP contribution in [-0.4, -0.2) is 27.0 Å². The van der Waals surface area contributed by atoms with Gasteiger partial charge in [0, 0.05) is 96.3 Å². The summed E-state index contributed by atoms with van der Waals surface area (Å²) in [6.07, 6.45) is 0.903. The van der Waals surface area contributed by atoms with E-state index in [1.54, 1.807) is 4.57 Å². The SMILES string of the molecule is [2H]c1c([2H])c([2H])c2c(c1[2H])c1c([2H])c([2H])c([2H])c([2H])c1n2CCc1ccc2c(c1)N(CCc1c(-c3ccccc3)cccc1-c1ccccc1)c1cc(C(C)(C)C)cc3c1B2c1ccc(-n2c4ccc(-n5c6ccccc6c6ccccc65)cc4c4c([2H])c([2H])c([2H])c([2H])c42)cc1N3c1cccc(-c2ccccc2)c1. The second-order valence-corrected chi connectivity index (χ2v) is 26.9. The average Bonchev–Trinajstić information content (AvgIpc) is 0.999. The molecule has 5 nitrogen and oxygen atoms in total. The summed E-state index contributed by atoms with van der Waals surface area (Å²) >= 11 is 0. The van der Waals surface area contributed by atoms with Gasteiger partial charge < -0.3 is 23.5 Å². The normalized spacial score (nSPS) is 14.5. The molecule has 0 unspecified atom stereocenters. The number of rotatable bonds is 12. The molecule has 0 saturated carbocycles. The van der Waals surface area contributed by atoms with Crippen LogP contribution in [0.3, 0.4) is 0 Å². The molecule has 0 fully saturated rings. The Morgan fingerprint density at radius 2 is 0.867 bits per heavy atom. The molecular formula is C92H70BN5. The number of para-hydroxylation sites is 5. The summed E-state index contributed by atoms with van der Waals surface area (Å²) in [6.45, 7) is 6.97. The molecule has 2 aliphatic rings. The summed E-state index contributed by atoms with van der Waals surface area (Å²) in [7, 11) is 0. The maximum absolute atomic E-state index is 9.93. The summed E-state index contributed by atoms with van der Waals surface area (Å²) in [4.78, 5) is 4.91. The average molecular weight is 1270 g/mol. The van der Waals surface area contributed by atoms with E-state index in [0.717, 1.165) is 117 Å². The quantitative estimate of drug-likeness (QED) is 0.114. The van der Waals surface area contributed by atoms with Crippen molar-refractivity contribution in [3.8, 4) is 44.8 Å². The highest BCUT2D eigenvalue weighted by atomic mass is 15.2. The molecule has 14 aromatic carbocycles. The Labute approximate surface area is 588 Å². The molecule has 0 radical (unpaired) electrons. The van der Waals surface area contributed by atoms with E-state index < -0.39 is 36.3 Å². The van der Waals surface area contributed by atoms with Gasteiger partial charge in [0.1, 0.15) is 0 Å². The van der Waals surface area contributed by atoms with Crippen LogP contribution in [0.5, 0.6) is 0 Å². The summed E-state index contributed by atoms with van der Waals surface area (Å²) < 4.78 is 117. The lowest BCUT2D eigenvalue weighted by molar-refractivity contribution is 0.590. The van der Waals surface area contributed by atoms with Crippen LogP contribution in [0, 0.1) is 0 Å². The van der Waals surface area contributed by atoms with E-state index in [1.165, 1.54) is 5.56 Å². The van der Waals surface area contributed by atoms with Gasteiger partial charge in [-0.3, -0.25) is 0 Å². The van der Waals surface area contributed by atoms with Crippen molar-refractivity contribution in [1.82, 2.24) is 13.7 Å². The molecule has 17 aromatic rings. The van der Waals surface area contributed by atoms with Crippen molar-refractivity contribution in [2.24, 2.45) is 0 Å². The predicted molar refractivity (Wildman–Crippen MR) is 416 cm³/mol. The summed E-state index contributed by atoms with van der Waals surface area (Å²) in [5, 5.41) is 3.38. The van der Waals surface area contributed by atoms with Gasteiger partial charge >= 0.3 is 0 Å². The Morgan fingerprint density at radius 1 is 0.347 bits per heavy atom. The Morgan fingerprint density at radius 3 is 1.53 bits per heavy atom. The lowest BCUT2D eigenvalue weighted by Gasteiger charge is -2.45. The van der Waals surface area contributed by atoms with Crippen molar-refractivity contribution < 1.29 is 16.4 Å². The highest BCUT2D eigenvalue weighted by Gasteiger charge is 2.44. The molecule has 466 valence electrons. The minimum Gasteiger partial charge on any atom is -0.342 e. The van der Waals surface area contributed by atoms with E-state index >= 15 is 0 Å². The molecule has 0 aliphatic carbocycles. The fourth-order valence-corrected chi connectivity index (χ4v) is 15.9. The second-order valence-electron chi connectivity index (χ2n) is 26.9. The summed E-state index contributed by atoms with van der Waals surface area (Å²) in [5.41, 5.74) is 22.0. The van der Waals surface area contributed by atoms with Gasteiger partial charge in [-0.1, -0.05) is 251 Å². The lowest BCUT2D eigenvalue weighted by atomic mass is 9.33. The molecule has 3 aromatic heterocycles. The summed E-state index contributed by atoms with van der Waals surface area (Å²) in [6, 6.07) is 83.4. The standard InChI is InChI=1S/C92H70BN5/c1-92(2,3)66-57-89-91-90(58-66)98(67-32-23-31-65(56-67)62-25-7-4-8-26-62)88-60-69(97-85-44-22-17-37-77(85)78-59-68(47-50-86(78)97)96-83-42-20-15-35-75(83)76-36-16-21-43-84(76)96)46-49-80(88)93(91)79-48-45-61(51-53-94-81-40-18-13-33-73(81)74-34-14-19-41-82(74)94)55-87(79)95(89)54-52-72-70(63-27-9-5-10-28-63)38-24-39-71(72)64-29-11-6-12-30-64/h4-50,55-60H,51-54H2,1-3H3/i13D,14D,17D,18D,19D,22D,33D,34D,37D,40D,41D,44D. The number of hydrogen-bond acceptors (Lipinski definition) is 2. The molecule has 0 bridgehead atoms. The second kappa shape index (κ2) is 22.9. The van der Waals surface area contributed by atoms with E-state index in [-0.39, 0.29) is 76.7 Å². The zero-order valence-corrected chi connectivity index (χ0v) is 54.3. The van der Waals surface area contributed by atoms with Gasteiger partial charge in [0.2, 0.25) is 0 Å². The number of aromatic nitrogens is 3. The van der Waals surface area contributed by atoms with E-state index in [9.17, 15) is 11.0 Å². The molecular weight excluding hydrogens is 1190 g/mol. The molecule has 0 atom stereocenters. The number of hydrogen-bond donors (Lipinski definition) is 0. The van der Waals surface area contributed by atoms with Crippen molar-refractivity contribution in [2.45, 2.75) is 45.6 Å². The predicted octanol–water partition coefficient (Wildman–Crippen LogP) is 21.5. The van der Waals surface area contributed by atoms with Crippen LogP contribution < -0.4 is 26.2 Å². The first-order chi connectivity index (χ1) is 53.2. The third-order valence-electron chi connectivity index (χ3n) is 20.5. The van der Waals surface area contributed by atoms with Crippen LogP contribution in [0.15, 0.2) is 321 Å². The maximum atomic E-state index is 9.93. The van der Waals surface area contributed by atoms with Crippen LogP contribution in [0.25, 0.3) is 110 Å². The first-order valence-corrected chi connectivity index (χ1v) is 33.7. The molecule has 0 saturated heterocycles. The van der Waals surface area contributed by atoms with Gasteiger partial charge in [-0.25, -0.2) is 0 Å². The van der Waals surface area contributed by atoms with Crippen molar-refractivity contribution in [3.63, 3.8) is 0 Å². The van der Waals surface area contributed by atoms with Crippen LogP contribution in [0.2, 0.25) is 0 Å². The number of fused-ring (bicyclic) bond motifs is 13. The Hall–Kier alpha value is -11.9. The molecule has 5 heterocycles. The van der Waals surface area contributed by atoms with E-state index in [0.29, 0.717) is 46.9 Å². The highest BCUT2D eigenvalue weighted by Crippen LogP contribution is 2.47. The smallest absolute Gasteiger partial charge is 0.252 e. The Kier molecular flexibility index (Phi) is 10.8. The summed E-state index contributed by atoms with van der Waals surface area (Å²) in [5.74, 6) is 0. The molecule has 2 aliphatic heterocycles. The molecule has 19 rings (SSSR count). The van der Waals surface area contributed by atoms with Crippen LogP contribution in [-0.2, 0) is 24.8 Å². The zero-order chi connectivity index (χ0) is 75.6. The van der Waals surface area contributed by atoms with Gasteiger partial charge in [0.05, 0.1) is 38.5 Å². The molecule has 0 spiro atoms. The minimum atomic E-state index is -0.485. The monoisotopic (exact) mass is 1270 g/mol. The maximum Gasteiger partial charge on any atom is 0.252 e. The van der Waals surface area contributed by atoms with E-state index in [1.807, 2.05) is 47.0 Å². The minimum absolute atomic E-state index is 0.0505. The first-order valence-electron chi connectivity index (χ1n) is 39.7. The lowest BCUT2D eigenvalue weighted by Crippen LogP contribution is -2.62. The van der Waals surface area contributed by atoms with E-state index in [4.69, 9.17) is 5.48 Å². The van der Waals surface area contributed by atoms with Gasteiger partial charge in [0.25, 0.3) is 6.71 Å². The number of anilines is 5. The third-order valence-corrected chi connectivity index (χ3v) is 20.5. The first kappa shape index (κ1) is 46.3. The largest absolute Gasteiger partial charge is 0.342 e. The fraction of sp³-hybridized carbons (Fsp3) is 0.0870. The highest BCUT2D eigenvalue weighted by molar-refractivity contribution is 7.00. The van der Waals surface area contributed by atoms with Gasteiger partial charge in [-0.05, 0) is 176 Å².